The highest BCUT2D eigenvalue weighted by molar-refractivity contribution is 5.35. The van der Waals surface area contributed by atoms with E-state index in [-0.39, 0.29) is 16.7 Å². The van der Waals surface area contributed by atoms with Gasteiger partial charge in [0.15, 0.2) is 0 Å². The van der Waals surface area contributed by atoms with E-state index in [2.05, 4.69) is 17.1 Å². The second-order valence-corrected chi connectivity index (χ2v) is 5.94. The van der Waals surface area contributed by atoms with Crippen LogP contribution < -0.4 is 5.32 Å². The van der Waals surface area contributed by atoms with Crippen LogP contribution in [0.5, 0.6) is 0 Å². The second kappa shape index (κ2) is 5.50. The van der Waals surface area contributed by atoms with E-state index in [0.717, 1.165) is 31.1 Å². The molecule has 0 amide bonds. The fourth-order valence-corrected chi connectivity index (χ4v) is 3.51. The van der Waals surface area contributed by atoms with Crippen LogP contribution in [0.25, 0.3) is 0 Å². The average Bonchev–Trinajstić information content (AvgIpc) is 2.90. The minimum atomic E-state index is -0.318. The lowest BCUT2D eigenvalue weighted by atomic mass is 9.94. The van der Waals surface area contributed by atoms with Gasteiger partial charge in [0.1, 0.15) is 0 Å². The highest BCUT2D eigenvalue weighted by Gasteiger charge is 2.36. The molecule has 1 N–H and O–H groups in total. The zero-order valence-electron chi connectivity index (χ0n) is 11.8. The minimum absolute atomic E-state index is 0.184. The molecule has 2 fully saturated rings. The summed E-state index contributed by atoms with van der Waals surface area (Å²) in [5.74, 6) is 0.741. The minimum Gasteiger partial charge on any atom is -0.312 e. The molecule has 2 saturated heterocycles. The van der Waals surface area contributed by atoms with E-state index in [1.807, 2.05) is 6.07 Å². The van der Waals surface area contributed by atoms with Crippen LogP contribution in [0.4, 0.5) is 5.69 Å². The molecule has 1 aromatic rings. The number of nitrogens with zero attached hydrogens (tertiary/aromatic N) is 2. The van der Waals surface area contributed by atoms with E-state index in [1.165, 1.54) is 12.8 Å². The van der Waals surface area contributed by atoms with Crippen LogP contribution in [-0.4, -0.2) is 35.5 Å². The summed E-state index contributed by atoms with van der Waals surface area (Å²) in [6, 6.07) is 7.88. The summed E-state index contributed by atoms with van der Waals surface area (Å²) in [5, 5.41) is 14.5. The van der Waals surface area contributed by atoms with Crippen molar-refractivity contribution in [1.29, 1.82) is 0 Å². The summed E-state index contributed by atoms with van der Waals surface area (Å²) in [7, 11) is 0. The van der Waals surface area contributed by atoms with E-state index >= 15 is 0 Å². The van der Waals surface area contributed by atoms with E-state index in [4.69, 9.17) is 0 Å². The fourth-order valence-electron chi connectivity index (χ4n) is 3.51. The SMILES string of the molecule is CC(c1cccc([N+](=O)[O-])c1)N1CC2CCCNC2C1. The summed E-state index contributed by atoms with van der Waals surface area (Å²) in [5.41, 5.74) is 1.22. The van der Waals surface area contributed by atoms with Gasteiger partial charge in [-0.2, -0.15) is 0 Å². The molecule has 3 unspecified atom stereocenters. The maximum absolute atomic E-state index is 10.9. The summed E-state index contributed by atoms with van der Waals surface area (Å²) in [6.07, 6.45) is 2.57. The molecular weight excluding hydrogens is 254 g/mol. The predicted molar refractivity (Wildman–Crippen MR) is 77.6 cm³/mol. The molecule has 2 heterocycles. The number of nitro benzene ring substituents is 1. The van der Waals surface area contributed by atoms with Crippen LogP contribution in [0.15, 0.2) is 24.3 Å². The average molecular weight is 275 g/mol. The molecule has 0 saturated carbocycles. The molecule has 1 aromatic carbocycles. The third-order valence-electron chi connectivity index (χ3n) is 4.74. The number of nitrogens with one attached hydrogen (secondary N) is 1. The number of piperidine rings is 1. The normalized spacial score (nSPS) is 28.1. The van der Waals surface area contributed by atoms with E-state index < -0.39 is 0 Å². The lowest BCUT2D eigenvalue weighted by Crippen LogP contribution is -2.40. The topological polar surface area (TPSA) is 58.4 Å². The zero-order chi connectivity index (χ0) is 14.1. The molecule has 0 aromatic heterocycles. The van der Waals surface area contributed by atoms with Crippen molar-refractivity contribution in [2.45, 2.75) is 31.8 Å². The van der Waals surface area contributed by atoms with Crippen LogP contribution in [0.3, 0.4) is 0 Å². The number of hydrogen-bond donors (Lipinski definition) is 1. The number of rotatable bonds is 3. The predicted octanol–water partition coefficient (Wildman–Crippen LogP) is 2.34. The molecule has 0 aliphatic carbocycles. The Balaban J connectivity index is 1.74. The van der Waals surface area contributed by atoms with Crippen molar-refractivity contribution >= 4 is 5.69 Å². The molecule has 108 valence electrons. The Labute approximate surface area is 119 Å². The highest BCUT2D eigenvalue weighted by Crippen LogP contribution is 2.32. The molecule has 0 spiro atoms. The summed E-state index contributed by atoms with van der Waals surface area (Å²) < 4.78 is 0. The largest absolute Gasteiger partial charge is 0.312 e. The van der Waals surface area contributed by atoms with Gasteiger partial charge < -0.3 is 5.32 Å². The van der Waals surface area contributed by atoms with E-state index in [1.54, 1.807) is 18.2 Å². The van der Waals surface area contributed by atoms with Gasteiger partial charge in [-0.05, 0) is 37.8 Å². The number of likely N-dealkylation sites (tertiary alicyclic amines) is 1. The van der Waals surface area contributed by atoms with Crippen molar-refractivity contribution in [3.63, 3.8) is 0 Å². The van der Waals surface area contributed by atoms with E-state index in [0.29, 0.717) is 6.04 Å². The van der Waals surface area contributed by atoms with Gasteiger partial charge in [0, 0.05) is 37.3 Å². The van der Waals surface area contributed by atoms with Gasteiger partial charge in [0.25, 0.3) is 5.69 Å². The number of benzene rings is 1. The number of hydrogen-bond acceptors (Lipinski definition) is 4. The van der Waals surface area contributed by atoms with Crippen molar-refractivity contribution in [2.24, 2.45) is 5.92 Å². The molecule has 5 heteroatoms. The third kappa shape index (κ3) is 2.55. The van der Waals surface area contributed by atoms with Gasteiger partial charge in [-0.25, -0.2) is 0 Å². The molecular formula is C15H21N3O2. The summed E-state index contributed by atoms with van der Waals surface area (Å²) in [4.78, 5) is 13.0. The first-order chi connectivity index (χ1) is 9.65. The smallest absolute Gasteiger partial charge is 0.269 e. The van der Waals surface area contributed by atoms with Crippen molar-refractivity contribution < 1.29 is 4.92 Å². The number of non-ortho nitro benzene ring substituents is 1. The van der Waals surface area contributed by atoms with Crippen LogP contribution >= 0.6 is 0 Å². The Morgan fingerprint density at radius 2 is 2.30 bits per heavy atom. The third-order valence-corrected chi connectivity index (χ3v) is 4.74. The molecule has 0 radical (unpaired) electrons. The Bertz CT molecular complexity index is 492. The molecule has 3 atom stereocenters. The highest BCUT2D eigenvalue weighted by atomic mass is 16.6. The molecule has 5 nitrogen and oxygen atoms in total. The number of nitro groups is 1. The van der Waals surface area contributed by atoms with Gasteiger partial charge >= 0.3 is 0 Å². The van der Waals surface area contributed by atoms with Gasteiger partial charge in [-0.15, -0.1) is 0 Å². The van der Waals surface area contributed by atoms with Gasteiger partial charge in [0.2, 0.25) is 0 Å². The van der Waals surface area contributed by atoms with Crippen LogP contribution in [-0.2, 0) is 0 Å². The maximum atomic E-state index is 10.9. The summed E-state index contributed by atoms with van der Waals surface area (Å²) in [6.45, 7) is 5.42. The van der Waals surface area contributed by atoms with Crippen molar-refractivity contribution in [2.75, 3.05) is 19.6 Å². The van der Waals surface area contributed by atoms with Gasteiger partial charge in [0.05, 0.1) is 4.92 Å². The summed E-state index contributed by atoms with van der Waals surface area (Å²) >= 11 is 0. The second-order valence-electron chi connectivity index (χ2n) is 5.94. The van der Waals surface area contributed by atoms with Crippen LogP contribution in [0, 0.1) is 16.0 Å². The molecule has 20 heavy (non-hydrogen) atoms. The fraction of sp³-hybridized carbons (Fsp3) is 0.600. The van der Waals surface area contributed by atoms with Gasteiger partial charge in [-0.1, -0.05) is 12.1 Å². The molecule has 2 aliphatic heterocycles. The molecule has 3 rings (SSSR count). The van der Waals surface area contributed by atoms with Crippen LogP contribution in [0.2, 0.25) is 0 Å². The van der Waals surface area contributed by atoms with Gasteiger partial charge in [-0.3, -0.25) is 15.0 Å². The zero-order valence-corrected chi connectivity index (χ0v) is 11.8. The Hall–Kier alpha value is -1.46. The Morgan fingerprint density at radius 1 is 1.45 bits per heavy atom. The first-order valence-electron chi connectivity index (χ1n) is 7.37. The van der Waals surface area contributed by atoms with Crippen molar-refractivity contribution in [3.05, 3.63) is 39.9 Å². The Kier molecular flexibility index (Phi) is 3.72. The molecule has 2 aliphatic rings. The maximum Gasteiger partial charge on any atom is 0.269 e. The standard InChI is InChI=1S/C15H21N3O2/c1-11(12-4-2-6-14(8-12)18(19)20)17-9-13-5-3-7-16-15(13)10-17/h2,4,6,8,11,13,15-16H,3,5,7,9-10H2,1H3. The first-order valence-corrected chi connectivity index (χ1v) is 7.37. The quantitative estimate of drug-likeness (QED) is 0.679. The number of fused-ring (bicyclic) bond motifs is 1. The lowest BCUT2D eigenvalue weighted by Gasteiger charge is -2.25. The lowest BCUT2D eigenvalue weighted by molar-refractivity contribution is -0.384. The van der Waals surface area contributed by atoms with Crippen molar-refractivity contribution in [1.82, 2.24) is 10.2 Å². The van der Waals surface area contributed by atoms with E-state index in [9.17, 15) is 10.1 Å². The van der Waals surface area contributed by atoms with Crippen LogP contribution in [0.1, 0.15) is 31.4 Å². The monoisotopic (exact) mass is 275 g/mol. The van der Waals surface area contributed by atoms with Crippen molar-refractivity contribution in [3.8, 4) is 0 Å². The first kappa shape index (κ1) is 13.5. The Morgan fingerprint density at radius 3 is 3.05 bits per heavy atom. The molecule has 0 bridgehead atoms.